The highest BCUT2D eigenvalue weighted by molar-refractivity contribution is 5.41. The first-order valence-corrected chi connectivity index (χ1v) is 7.01. The lowest BCUT2D eigenvalue weighted by molar-refractivity contribution is 0.233. The van der Waals surface area contributed by atoms with Crippen LogP contribution in [0.3, 0.4) is 0 Å². The zero-order valence-corrected chi connectivity index (χ0v) is 11.7. The van der Waals surface area contributed by atoms with E-state index in [0.29, 0.717) is 0 Å². The van der Waals surface area contributed by atoms with Gasteiger partial charge in [-0.15, -0.1) is 0 Å². The van der Waals surface area contributed by atoms with E-state index in [1.165, 1.54) is 5.56 Å². The number of piperazine rings is 1. The highest BCUT2D eigenvalue weighted by Crippen LogP contribution is 2.15. The molecule has 0 spiro atoms. The molecule has 5 nitrogen and oxygen atoms in total. The summed E-state index contributed by atoms with van der Waals surface area (Å²) in [5.74, 6) is 0. The van der Waals surface area contributed by atoms with Crippen molar-refractivity contribution in [3.8, 4) is 5.69 Å². The van der Waals surface area contributed by atoms with Crippen LogP contribution < -0.4 is 11.0 Å². The first kappa shape index (κ1) is 13.1. The number of imidazole rings is 1. The van der Waals surface area contributed by atoms with Crippen LogP contribution in [0.25, 0.3) is 5.69 Å². The molecule has 20 heavy (non-hydrogen) atoms. The maximum Gasteiger partial charge on any atom is 0.332 e. The number of nitrogens with zero attached hydrogens (tertiary/aromatic N) is 3. The van der Waals surface area contributed by atoms with Gasteiger partial charge in [-0.25, -0.2) is 4.79 Å². The summed E-state index contributed by atoms with van der Waals surface area (Å²) in [6.07, 6.45) is 3.63. The maximum atomic E-state index is 12.1. The molecule has 1 saturated heterocycles. The van der Waals surface area contributed by atoms with Gasteiger partial charge >= 0.3 is 5.69 Å². The SMILES string of the molecule is Cn1ccn(-c2ccccc2CN2CCNCC2)c1=O. The number of aromatic nitrogens is 2. The van der Waals surface area contributed by atoms with Gasteiger partial charge in [0, 0.05) is 52.2 Å². The highest BCUT2D eigenvalue weighted by atomic mass is 16.1. The van der Waals surface area contributed by atoms with Gasteiger partial charge in [0.15, 0.2) is 0 Å². The van der Waals surface area contributed by atoms with Crippen LogP contribution in [0.15, 0.2) is 41.5 Å². The molecule has 0 atom stereocenters. The Morgan fingerprint density at radius 1 is 1.15 bits per heavy atom. The lowest BCUT2D eigenvalue weighted by atomic mass is 10.1. The summed E-state index contributed by atoms with van der Waals surface area (Å²) in [6, 6.07) is 8.14. The highest BCUT2D eigenvalue weighted by Gasteiger charge is 2.13. The summed E-state index contributed by atoms with van der Waals surface area (Å²) in [7, 11) is 1.78. The van der Waals surface area contributed by atoms with Crippen LogP contribution in [0.1, 0.15) is 5.56 Å². The molecule has 1 aromatic carbocycles. The molecular formula is C15H20N4O. The fourth-order valence-corrected chi connectivity index (χ4v) is 2.64. The third kappa shape index (κ3) is 2.55. The molecule has 5 heteroatoms. The van der Waals surface area contributed by atoms with Gasteiger partial charge in [0.25, 0.3) is 0 Å². The van der Waals surface area contributed by atoms with Crippen molar-refractivity contribution in [2.24, 2.45) is 7.05 Å². The molecule has 2 aromatic rings. The molecule has 3 rings (SSSR count). The normalized spacial score (nSPS) is 16.4. The molecule has 1 N–H and O–H groups in total. The monoisotopic (exact) mass is 272 g/mol. The van der Waals surface area contributed by atoms with E-state index in [4.69, 9.17) is 0 Å². The summed E-state index contributed by atoms with van der Waals surface area (Å²) in [5.41, 5.74) is 2.18. The van der Waals surface area contributed by atoms with Gasteiger partial charge in [-0.1, -0.05) is 18.2 Å². The lowest BCUT2D eigenvalue weighted by Crippen LogP contribution is -2.43. The Morgan fingerprint density at radius 3 is 2.60 bits per heavy atom. The van der Waals surface area contributed by atoms with Gasteiger partial charge < -0.3 is 9.88 Å². The molecule has 0 radical (unpaired) electrons. The summed E-state index contributed by atoms with van der Waals surface area (Å²) < 4.78 is 3.32. The van der Waals surface area contributed by atoms with Crippen molar-refractivity contribution in [1.82, 2.24) is 19.4 Å². The largest absolute Gasteiger partial charge is 0.332 e. The second-order valence-corrected chi connectivity index (χ2v) is 5.22. The molecule has 0 saturated carbocycles. The van der Waals surface area contributed by atoms with Gasteiger partial charge in [-0.2, -0.15) is 0 Å². The molecule has 0 bridgehead atoms. The zero-order chi connectivity index (χ0) is 13.9. The van der Waals surface area contributed by atoms with E-state index in [1.807, 2.05) is 24.4 Å². The van der Waals surface area contributed by atoms with Crippen molar-refractivity contribution in [3.63, 3.8) is 0 Å². The third-order valence-electron chi connectivity index (χ3n) is 3.80. The second kappa shape index (κ2) is 5.64. The lowest BCUT2D eigenvalue weighted by Gasteiger charge is -2.27. The van der Waals surface area contributed by atoms with E-state index in [9.17, 15) is 4.79 Å². The molecule has 1 fully saturated rings. The van der Waals surface area contributed by atoms with E-state index in [0.717, 1.165) is 38.4 Å². The predicted molar refractivity (Wildman–Crippen MR) is 79.2 cm³/mol. The Morgan fingerprint density at radius 2 is 1.90 bits per heavy atom. The van der Waals surface area contributed by atoms with Crippen molar-refractivity contribution in [3.05, 3.63) is 52.7 Å². The van der Waals surface area contributed by atoms with E-state index in [-0.39, 0.29) is 5.69 Å². The third-order valence-corrected chi connectivity index (χ3v) is 3.80. The van der Waals surface area contributed by atoms with Crippen LogP contribution in [-0.2, 0) is 13.6 Å². The van der Waals surface area contributed by atoms with Crippen LogP contribution in [-0.4, -0.2) is 40.2 Å². The fraction of sp³-hybridized carbons (Fsp3) is 0.400. The molecule has 0 amide bonds. The first-order valence-electron chi connectivity index (χ1n) is 7.01. The van der Waals surface area contributed by atoms with Crippen molar-refractivity contribution in [2.45, 2.75) is 6.54 Å². The molecule has 1 aliphatic heterocycles. The van der Waals surface area contributed by atoms with Gasteiger partial charge in [0.2, 0.25) is 0 Å². The molecule has 1 aromatic heterocycles. The summed E-state index contributed by atoms with van der Waals surface area (Å²) >= 11 is 0. The number of rotatable bonds is 3. The standard InChI is InChI=1S/C15H20N4O/c1-17-10-11-19(15(17)20)14-5-3-2-4-13(14)12-18-8-6-16-7-9-18/h2-5,10-11,16H,6-9,12H2,1H3. The van der Waals surface area contributed by atoms with Gasteiger partial charge in [0.05, 0.1) is 5.69 Å². The van der Waals surface area contributed by atoms with Crippen LogP contribution >= 0.6 is 0 Å². The molecule has 2 heterocycles. The number of para-hydroxylation sites is 1. The number of hydrogen-bond acceptors (Lipinski definition) is 3. The molecule has 0 aliphatic carbocycles. The van der Waals surface area contributed by atoms with E-state index in [2.05, 4.69) is 16.3 Å². The minimum atomic E-state index is -0.00207. The number of hydrogen-bond donors (Lipinski definition) is 1. The Kier molecular flexibility index (Phi) is 3.71. The van der Waals surface area contributed by atoms with Crippen molar-refractivity contribution < 1.29 is 0 Å². The van der Waals surface area contributed by atoms with Crippen LogP contribution in [0.4, 0.5) is 0 Å². The summed E-state index contributed by atoms with van der Waals surface area (Å²) in [5, 5.41) is 3.36. The Hall–Kier alpha value is -1.85. The number of benzene rings is 1. The maximum absolute atomic E-state index is 12.1. The molecule has 106 valence electrons. The first-order chi connectivity index (χ1) is 9.75. The Balaban J connectivity index is 1.92. The van der Waals surface area contributed by atoms with Crippen LogP contribution in [0, 0.1) is 0 Å². The average molecular weight is 272 g/mol. The van der Waals surface area contributed by atoms with Crippen LogP contribution in [0.2, 0.25) is 0 Å². The fourth-order valence-electron chi connectivity index (χ4n) is 2.64. The van der Waals surface area contributed by atoms with E-state index >= 15 is 0 Å². The predicted octanol–water partition coefficient (Wildman–Crippen LogP) is 0.581. The number of nitrogens with one attached hydrogen (secondary N) is 1. The van der Waals surface area contributed by atoms with Crippen molar-refractivity contribution >= 4 is 0 Å². The van der Waals surface area contributed by atoms with Crippen molar-refractivity contribution in [2.75, 3.05) is 26.2 Å². The van der Waals surface area contributed by atoms with Gasteiger partial charge in [-0.3, -0.25) is 9.47 Å². The Labute approximate surface area is 118 Å². The van der Waals surface area contributed by atoms with Gasteiger partial charge in [0.1, 0.15) is 0 Å². The average Bonchev–Trinajstić information content (AvgIpc) is 2.81. The zero-order valence-electron chi connectivity index (χ0n) is 11.7. The quantitative estimate of drug-likeness (QED) is 0.889. The molecule has 1 aliphatic rings. The number of aryl methyl sites for hydroxylation is 1. The summed E-state index contributed by atoms with van der Waals surface area (Å²) in [4.78, 5) is 14.5. The molecular weight excluding hydrogens is 252 g/mol. The smallest absolute Gasteiger partial charge is 0.314 e. The minimum Gasteiger partial charge on any atom is -0.314 e. The second-order valence-electron chi connectivity index (χ2n) is 5.22. The van der Waals surface area contributed by atoms with E-state index < -0.39 is 0 Å². The van der Waals surface area contributed by atoms with Crippen LogP contribution in [0.5, 0.6) is 0 Å². The molecule has 0 unspecified atom stereocenters. The van der Waals surface area contributed by atoms with Gasteiger partial charge in [-0.05, 0) is 11.6 Å². The summed E-state index contributed by atoms with van der Waals surface area (Å²) in [6.45, 7) is 5.07. The van der Waals surface area contributed by atoms with E-state index in [1.54, 1.807) is 22.4 Å². The minimum absolute atomic E-state index is 0.00207. The Bertz CT molecular complexity index is 637. The van der Waals surface area contributed by atoms with Crippen molar-refractivity contribution in [1.29, 1.82) is 0 Å². The topological polar surface area (TPSA) is 42.2 Å².